The third-order valence-electron chi connectivity index (χ3n) is 4.09. The number of hydrogen-bond donors (Lipinski definition) is 3. The molecule has 3 N–H and O–H groups in total. The summed E-state index contributed by atoms with van der Waals surface area (Å²) in [6.07, 6.45) is 6.19. The van der Waals surface area contributed by atoms with Crippen molar-refractivity contribution in [1.29, 1.82) is 0 Å². The van der Waals surface area contributed by atoms with Crippen LogP contribution < -0.4 is 16.2 Å². The van der Waals surface area contributed by atoms with Crippen molar-refractivity contribution in [3.05, 3.63) is 24.2 Å². The number of amides is 3. The van der Waals surface area contributed by atoms with E-state index in [-0.39, 0.29) is 17.8 Å². The Hall–Kier alpha value is -1.98. The summed E-state index contributed by atoms with van der Waals surface area (Å²) in [5, 5.41) is 2.92. The molecule has 0 unspecified atom stereocenters. The van der Waals surface area contributed by atoms with Crippen LogP contribution in [0, 0.1) is 11.8 Å². The first-order valence-electron chi connectivity index (χ1n) is 6.62. The van der Waals surface area contributed by atoms with Gasteiger partial charge in [0, 0.05) is 6.04 Å². The molecular formula is C13H17N3O3. The predicted molar refractivity (Wildman–Crippen MR) is 67.1 cm³/mol. The fraction of sp³-hybridized carbons (Fsp3) is 0.538. The van der Waals surface area contributed by atoms with Crippen LogP contribution in [0.25, 0.3) is 0 Å². The summed E-state index contributed by atoms with van der Waals surface area (Å²) in [4.78, 5) is 23.2. The van der Waals surface area contributed by atoms with Crippen molar-refractivity contribution < 1.29 is 14.0 Å². The molecule has 2 aliphatic rings. The maximum Gasteiger partial charge on any atom is 0.333 e. The molecule has 19 heavy (non-hydrogen) atoms. The fourth-order valence-corrected chi connectivity index (χ4v) is 3.21. The molecule has 3 rings (SSSR count). The number of rotatable bonds is 2. The highest BCUT2D eigenvalue weighted by atomic mass is 16.3. The van der Waals surface area contributed by atoms with E-state index in [2.05, 4.69) is 16.2 Å². The standard InChI is InChI=1S/C13H17N3O3/c17-12(11-2-1-5-19-11)15-16-13(18)14-10-7-8-3-4-9(10)6-8/h1-2,5,8-10H,3-4,6-7H2,(H,15,17)(H2,14,16,18)/t8-,9+,10-/m0/s1. The number of furan rings is 1. The zero-order valence-corrected chi connectivity index (χ0v) is 10.5. The third-order valence-corrected chi connectivity index (χ3v) is 4.09. The lowest BCUT2D eigenvalue weighted by molar-refractivity contribution is 0.0907. The average Bonchev–Trinajstić information content (AvgIpc) is 3.12. The van der Waals surface area contributed by atoms with Crippen LogP contribution >= 0.6 is 0 Å². The number of carbonyl (C=O) groups is 2. The Morgan fingerprint density at radius 1 is 1.21 bits per heavy atom. The molecule has 2 bridgehead atoms. The molecule has 1 heterocycles. The molecule has 0 saturated heterocycles. The van der Waals surface area contributed by atoms with E-state index in [0.29, 0.717) is 5.92 Å². The molecule has 2 aliphatic carbocycles. The lowest BCUT2D eigenvalue weighted by Gasteiger charge is -2.22. The second-order valence-corrected chi connectivity index (χ2v) is 5.31. The van der Waals surface area contributed by atoms with Crippen molar-refractivity contribution in [3.63, 3.8) is 0 Å². The van der Waals surface area contributed by atoms with Gasteiger partial charge in [-0.3, -0.25) is 10.2 Å². The summed E-state index contributed by atoms with van der Waals surface area (Å²) in [5.74, 6) is 1.08. The van der Waals surface area contributed by atoms with Gasteiger partial charge >= 0.3 is 11.9 Å². The quantitative estimate of drug-likeness (QED) is 0.705. The summed E-state index contributed by atoms with van der Waals surface area (Å²) >= 11 is 0. The van der Waals surface area contributed by atoms with Gasteiger partial charge in [0.1, 0.15) is 0 Å². The topological polar surface area (TPSA) is 83.4 Å². The van der Waals surface area contributed by atoms with Gasteiger partial charge in [0.2, 0.25) is 0 Å². The molecule has 3 amide bonds. The third kappa shape index (κ3) is 2.57. The van der Waals surface area contributed by atoms with Crippen LogP contribution in [0.5, 0.6) is 0 Å². The molecule has 102 valence electrons. The zero-order valence-electron chi connectivity index (χ0n) is 10.5. The number of hydrazine groups is 1. The molecule has 0 spiro atoms. The molecule has 6 heteroatoms. The van der Waals surface area contributed by atoms with Gasteiger partial charge in [-0.15, -0.1) is 0 Å². The van der Waals surface area contributed by atoms with Gasteiger partial charge in [0.15, 0.2) is 5.76 Å². The normalized spacial score (nSPS) is 28.1. The number of nitrogens with one attached hydrogen (secondary N) is 3. The van der Waals surface area contributed by atoms with E-state index < -0.39 is 5.91 Å². The van der Waals surface area contributed by atoms with Gasteiger partial charge in [0.25, 0.3) is 0 Å². The van der Waals surface area contributed by atoms with E-state index in [9.17, 15) is 9.59 Å². The summed E-state index contributed by atoms with van der Waals surface area (Å²) in [6, 6.07) is 3.03. The maximum absolute atomic E-state index is 11.7. The SMILES string of the molecule is O=C(NNC(=O)c1ccco1)N[C@H]1C[C@H]2CC[C@@H]1C2. The zero-order chi connectivity index (χ0) is 13.2. The van der Waals surface area contributed by atoms with E-state index in [4.69, 9.17) is 4.42 Å². The number of fused-ring (bicyclic) bond motifs is 2. The summed E-state index contributed by atoms with van der Waals surface area (Å²) in [7, 11) is 0. The summed E-state index contributed by atoms with van der Waals surface area (Å²) in [6.45, 7) is 0. The van der Waals surface area contributed by atoms with Crippen LogP contribution in [0.4, 0.5) is 4.79 Å². The minimum atomic E-state index is -0.465. The predicted octanol–water partition coefficient (Wildman–Crippen LogP) is 1.41. The molecular weight excluding hydrogens is 246 g/mol. The molecule has 0 radical (unpaired) electrons. The average molecular weight is 263 g/mol. The number of hydrogen-bond acceptors (Lipinski definition) is 3. The van der Waals surface area contributed by atoms with Gasteiger partial charge in [-0.25, -0.2) is 10.2 Å². The van der Waals surface area contributed by atoms with Crippen LogP contribution in [-0.2, 0) is 0 Å². The Balaban J connectivity index is 1.43. The molecule has 2 saturated carbocycles. The minimum Gasteiger partial charge on any atom is -0.459 e. The highest BCUT2D eigenvalue weighted by Crippen LogP contribution is 2.44. The molecule has 0 aromatic carbocycles. The van der Waals surface area contributed by atoms with E-state index in [0.717, 1.165) is 12.3 Å². The number of urea groups is 1. The Morgan fingerprint density at radius 3 is 2.74 bits per heavy atom. The summed E-state index contributed by atoms with van der Waals surface area (Å²) < 4.78 is 4.92. The van der Waals surface area contributed by atoms with Crippen LogP contribution in [0.1, 0.15) is 36.2 Å². The fourth-order valence-electron chi connectivity index (χ4n) is 3.21. The Kier molecular flexibility index (Phi) is 3.15. The van der Waals surface area contributed by atoms with Gasteiger partial charge in [-0.2, -0.15) is 0 Å². The monoisotopic (exact) mass is 263 g/mol. The van der Waals surface area contributed by atoms with Crippen molar-refractivity contribution in [2.45, 2.75) is 31.7 Å². The molecule has 1 aromatic rings. The van der Waals surface area contributed by atoms with Gasteiger partial charge in [-0.05, 0) is 43.2 Å². The lowest BCUT2D eigenvalue weighted by atomic mass is 9.95. The lowest BCUT2D eigenvalue weighted by Crippen LogP contribution is -2.50. The van der Waals surface area contributed by atoms with Gasteiger partial charge in [0.05, 0.1) is 6.26 Å². The van der Waals surface area contributed by atoms with Crippen molar-refractivity contribution >= 4 is 11.9 Å². The van der Waals surface area contributed by atoms with Crippen LogP contribution in [-0.4, -0.2) is 18.0 Å². The minimum absolute atomic E-state index is 0.167. The van der Waals surface area contributed by atoms with Crippen LogP contribution in [0.2, 0.25) is 0 Å². The van der Waals surface area contributed by atoms with Crippen molar-refractivity contribution in [2.75, 3.05) is 0 Å². The second kappa shape index (κ2) is 4.95. The number of carbonyl (C=O) groups excluding carboxylic acids is 2. The molecule has 3 atom stereocenters. The van der Waals surface area contributed by atoms with Gasteiger partial charge in [-0.1, -0.05) is 6.42 Å². The van der Waals surface area contributed by atoms with Crippen molar-refractivity contribution in [1.82, 2.24) is 16.2 Å². The van der Waals surface area contributed by atoms with E-state index in [1.165, 1.54) is 31.6 Å². The Bertz CT molecular complexity index is 471. The van der Waals surface area contributed by atoms with Crippen LogP contribution in [0.3, 0.4) is 0 Å². The first kappa shape index (κ1) is 12.1. The van der Waals surface area contributed by atoms with Crippen molar-refractivity contribution in [3.8, 4) is 0 Å². The van der Waals surface area contributed by atoms with Crippen LogP contribution in [0.15, 0.2) is 22.8 Å². The highest BCUT2D eigenvalue weighted by molar-refractivity contribution is 5.92. The second-order valence-electron chi connectivity index (χ2n) is 5.31. The van der Waals surface area contributed by atoms with E-state index in [1.807, 2.05) is 0 Å². The molecule has 0 aliphatic heterocycles. The summed E-state index contributed by atoms with van der Waals surface area (Å²) in [5.41, 5.74) is 4.66. The first-order valence-corrected chi connectivity index (χ1v) is 6.62. The molecule has 6 nitrogen and oxygen atoms in total. The van der Waals surface area contributed by atoms with Crippen molar-refractivity contribution in [2.24, 2.45) is 11.8 Å². The Morgan fingerprint density at radius 2 is 2.11 bits per heavy atom. The molecule has 2 fully saturated rings. The first-order chi connectivity index (χ1) is 9.22. The van der Waals surface area contributed by atoms with E-state index in [1.54, 1.807) is 6.07 Å². The van der Waals surface area contributed by atoms with Gasteiger partial charge < -0.3 is 9.73 Å². The Labute approximate surface area is 110 Å². The molecule has 1 aromatic heterocycles. The van der Waals surface area contributed by atoms with E-state index >= 15 is 0 Å². The smallest absolute Gasteiger partial charge is 0.333 e. The highest BCUT2D eigenvalue weighted by Gasteiger charge is 2.40. The largest absolute Gasteiger partial charge is 0.459 e. The maximum atomic E-state index is 11.7.